The average molecular weight is 185 g/mol. The minimum atomic E-state index is 0.500. The Balaban J connectivity index is 4.26. The first-order chi connectivity index (χ1) is 6.00. The summed E-state index contributed by atoms with van der Waals surface area (Å²) in [5.41, 5.74) is 0.500. The Bertz CT molecular complexity index is 133. The molecule has 1 heteroatoms. The molecule has 80 valence electrons. The summed E-state index contributed by atoms with van der Waals surface area (Å²) >= 11 is 0. The van der Waals surface area contributed by atoms with Gasteiger partial charge in [0.2, 0.25) is 0 Å². The second-order valence-corrected chi connectivity index (χ2v) is 4.65. The van der Waals surface area contributed by atoms with Crippen molar-refractivity contribution in [2.24, 2.45) is 11.3 Å². The molecule has 0 saturated carbocycles. The Hall–Kier alpha value is -0.0400. The van der Waals surface area contributed by atoms with Gasteiger partial charge in [0.15, 0.2) is 0 Å². The van der Waals surface area contributed by atoms with E-state index in [-0.39, 0.29) is 0 Å². The molecule has 1 nitrogen and oxygen atoms in total. The molecule has 0 aliphatic carbocycles. The molecule has 13 heavy (non-hydrogen) atoms. The van der Waals surface area contributed by atoms with Crippen LogP contribution in [0.25, 0.3) is 0 Å². The lowest BCUT2D eigenvalue weighted by Crippen LogP contribution is -2.37. The summed E-state index contributed by atoms with van der Waals surface area (Å²) < 4.78 is 0. The van der Waals surface area contributed by atoms with E-state index in [1.54, 1.807) is 0 Å². The van der Waals surface area contributed by atoms with E-state index in [0.29, 0.717) is 5.41 Å². The lowest BCUT2D eigenvalue weighted by atomic mass is 9.74. The fourth-order valence-electron chi connectivity index (χ4n) is 1.84. The van der Waals surface area contributed by atoms with E-state index >= 15 is 0 Å². The van der Waals surface area contributed by atoms with Crippen LogP contribution in [-0.2, 0) is 0 Å². The van der Waals surface area contributed by atoms with Crippen LogP contribution in [0.15, 0.2) is 0 Å². The van der Waals surface area contributed by atoms with Crippen LogP contribution in [0.2, 0.25) is 0 Å². The van der Waals surface area contributed by atoms with Gasteiger partial charge in [0.05, 0.1) is 0 Å². The first-order valence-electron chi connectivity index (χ1n) is 5.68. The fraction of sp³-hybridized carbons (Fsp3) is 1.00. The summed E-state index contributed by atoms with van der Waals surface area (Å²) in [5.74, 6) is 0.825. The molecular weight excluding hydrogens is 158 g/mol. The molecule has 0 rings (SSSR count). The Morgan fingerprint density at radius 3 is 2.08 bits per heavy atom. The molecule has 2 atom stereocenters. The third-order valence-electron chi connectivity index (χ3n) is 3.78. The zero-order chi connectivity index (χ0) is 10.5. The molecule has 0 fully saturated rings. The van der Waals surface area contributed by atoms with Crippen LogP contribution in [0.4, 0.5) is 0 Å². The highest BCUT2D eigenvalue weighted by Crippen LogP contribution is 2.33. The minimum Gasteiger partial charge on any atom is -0.306 e. The highest BCUT2D eigenvalue weighted by Gasteiger charge is 2.28. The molecule has 0 heterocycles. The molecule has 0 N–H and O–H groups in total. The van der Waals surface area contributed by atoms with Gasteiger partial charge in [-0.1, -0.05) is 41.0 Å². The zero-order valence-corrected chi connectivity index (χ0v) is 10.4. The van der Waals surface area contributed by atoms with Gasteiger partial charge in [0, 0.05) is 6.54 Å². The highest BCUT2D eigenvalue weighted by molar-refractivity contribution is 4.80. The van der Waals surface area contributed by atoms with Crippen molar-refractivity contribution in [3.63, 3.8) is 0 Å². The summed E-state index contributed by atoms with van der Waals surface area (Å²) in [6.07, 6.45) is 2.58. The molecule has 0 bridgehead atoms. The van der Waals surface area contributed by atoms with E-state index < -0.39 is 0 Å². The number of hydrogen-bond acceptors (Lipinski definition) is 1. The number of hydrogen-bond donors (Lipinski definition) is 0. The quantitative estimate of drug-likeness (QED) is 0.613. The number of nitrogens with zero attached hydrogens (tertiary/aromatic N) is 1. The molecule has 0 saturated heterocycles. The van der Waals surface area contributed by atoms with Crippen LogP contribution in [-0.4, -0.2) is 25.0 Å². The van der Waals surface area contributed by atoms with E-state index in [4.69, 9.17) is 0 Å². The van der Waals surface area contributed by atoms with Gasteiger partial charge in [-0.15, -0.1) is 0 Å². The molecule has 0 amide bonds. The summed E-state index contributed by atoms with van der Waals surface area (Å²) in [4.78, 5) is 2.43. The number of rotatable bonds is 6. The van der Waals surface area contributed by atoms with Crippen molar-refractivity contribution in [1.82, 2.24) is 4.90 Å². The van der Waals surface area contributed by atoms with Gasteiger partial charge in [-0.2, -0.15) is 0 Å². The van der Waals surface area contributed by atoms with Gasteiger partial charge in [0.25, 0.3) is 0 Å². The second-order valence-electron chi connectivity index (χ2n) is 4.65. The van der Waals surface area contributed by atoms with Gasteiger partial charge in [0.1, 0.15) is 0 Å². The van der Waals surface area contributed by atoms with Crippen LogP contribution < -0.4 is 0 Å². The maximum atomic E-state index is 2.43. The van der Waals surface area contributed by atoms with Crippen LogP contribution >= 0.6 is 0 Å². The second kappa shape index (κ2) is 5.64. The van der Waals surface area contributed by atoms with Crippen molar-refractivity contribution < 1.29 is 0 Å². The lowest BCUT2D eigenvalue weighted by molar-refractivity contribution is 0.121. The van der Waals surface area contributed by atoms with Crippen molar-refractivity contribution in [3.8, 4) is 0 Å². The topological polar surface area (TPSA) is 3.24 Å². The molecule has 0 aliphatic rings. The van der Waals surface area contributed by atoms with Crippen molar-refractivity contribution in [2.45, 2.75) is 47.5 Å². The third kappa shape index (κ3) is 3.68. The minimum absolute atomic E-state index is 0.500. The lowest BCUT2D eigenvalue weighted by Gasteiger charge is -2.37. The summed E-state index contributed by atoms with van der Waals surface area (Å²) in [6, 6.07) is 0. The molecule has 0 aliphatic heterocycles. The normalized spacial score (nSPS) is 18.7. The Labute approximate surface area is 84.5 Å². The summed E-state index contributed by atoms with van der Waals surface area (Å²) in [6.45, 7) is 14.0. The van der Waals surface area contributed by atoms with E-state index in [2.05, 4.69) is 46.6 Å². The molecule has 0 radical (unpaired) electrons. The first-order valence-corrected chi connectivity index (χ1v) is 5.68. The Morgan fingerprint density at radius 2 is 1.77 bits per heavy atom. The predicted molar refractivity (Wildman–Crippen MR) is 61.0 cm³/mol. The van der Waals surface area contributed by atoms with E-state index in [0.717, 1.165) is 12.5 Å². The van der Waals surface area contributed by atoms with E-state index in [1.807, 2.05) is 0 Å². The van der Waals surface area contributed by atoms with Gasteiger partial charge < -0.3 is 4.90 Å². The van der Waals surface area contributed by atoms with Gasteiger partial charge in [-0.05, 0) is 31.3 Å². The zero-order valence-electron chi connectivity index (χ0n) is 10.4. The largest absolute Gasteiger partial charge is 0.306 e. The smallest absolute Gasteiger partial charge is 0.00346 e. The third-order valence-corrected chi connectivity index (χ3v) is 3.78. The SMILES string of the molecule is CCC(C)C(C)(CC)CN(C)CC. The van der Waals surface area contributed by atoms with E-state index in [1.165, 1.54) is 19.4 Å². The van der Waals surface area contributed by atoms with Crippen LogP contribution in [0.3, 0.4) is 0 Å². The van der Waals surface area contributed by atoms with Crippen molar-refractivity contribution >= 4 is 0 Å². The Morgan fingerprint density at radius 1 is 1.23 bits per heavy atom. The van der Waals surface area contributed by atoms with Crippen LogP contribution in [0.5, 0.6) is 0 Å². The Kier molecular flexibility index (Phi) is 5.62. The standard InChI is InChI=1S/C12H27N/c1-7-11(4)12(5,8-2)10-13(6)9-3/h11H,7-10H2,1-6H3. The first kappa shape index (κ1) is 13.0. The highest BCUT2D eigenvalue weighted by atomic mass is 15.1. The monoisotopic (exact) mass is 185 g/mol. The summed E-state index contributed by atoms with van der Waals surface area (Å²) in [7, 11) is 2.22. The van der Waals surface area contributed by atoms with Crippen molar-refractivity contribution in [2.75, 3.05) is 20.1 Å². The van der Waals surface area contributed by atoms with Gasteiger partial charge in [-0.3, -0.25) is 0 Å². The fourth-order valence-corrected chi connectivity index (χ4v) is 1.84. The van der Waals surface area contributed by atoms with Crippen LogP contribution in [0.1, 0.15) is 47.5 Å². The maximum Gasteiger partial charge on any atom is 0.00346 e. The predicted octanol–water partition coefficient (Wildman–Crippen LogP) is 3.40. The maximum absolute atomic E-state index is 2.43. The molecule has 0 aromatic heterocycles. The molecule has 0 aromatic carbocycles. The molecular formula is C12H27N. The molecule has 2 unspecified atom stereocenters. The average Bonchev–Trinajstić information content (AvgIpc) is 2.15. The van der Waals surface area contributed by atoms with Gasteiger partial charge in [-0.25, -0.2) is 0 Å². The molecule has 0 aromatic rings. The van der Waals surface area contributed by atoms with Crippen molar-refractivity contribution in [3.05, 3.63) is 0 Å². The van der Waals surface area contributed by atoms with Gasteiger partial charge >= 0.3 is 0 Å². The summed E-state index contributed by atoms with van der Waals surface area (Å²) in [5, 5.41) is 0. The molecule has 0 spiro atoms. The van der Waals surface area contributed by atoms with Crippen molar-refractivity contribution in [1.29, 1.82) is 0 Å². The van der Waals surface area contributed by atoms with E-state index in [9.17, 15) is 0 Å². The van der Waals surface area contributed by atoms with Crippen LogP contribution in [0, 0.1) is 11.3 Å².